The highest BCUT2D eigenvalue weighted by Gasteiger charge is 2.42. The maximum atomic E-state index is 5.97. The van der Waals surface area contributed by atoms with Crippen LogP contribution in [0.3, 0.4) is 0 Å². The minimum absolute atomic E-state index is 0.326. The fraction of sp³-hybridized carbons (Fsp3) is 1.00. The van der Waals surface area contributed by atoms with Crippen LogP contribution in [0.5, 0.6) is 0 Å². The van der Waals surface area contributed by atoms with Crippen molar-refractivity contribution in [2.75, 3.05) is 26.2 Å². The Balaban J connectivity index is 1.62. The van der Waals surface area contributed by atoms with Crippen molar-refractivity contribution < 1.29 is 4.74 Å². The number of piperazine rings is 1. The van der Waals surface area contributed by atoms with Gasteiger partial charge in [0.15, 0.2) is 0 Å². The molecule has 0 aromatic heterocycles. The Bertz CT molecular complexity index is 299. The lowest BCUT2D eigenvalue weighted by Crippen LogP contribution is -2.64. The lowest BCUT2D eigenvalue weighted by Gasteiger charge is -2.49. The molecule has 1 aliphatic carbocycles. The molecular weight excluding hydrogens is 236 g/mol. The molecule has 3 fully saturated rings. The molecule has 0 radical (unpaired) electrons. The summed E-state index contributed by atoms with van der Waals surface area (Å²) in [6.07, 6.45) is 8.46. The number of ether oxygens (including phenoxy) is 1. The summed E-state index contributed by atoms with van der Waals surface area (Å²) in [6.45, 7) is 9.26. The van der Waals surface area contributed by atoms with Crippen molar-refractivity contribution in [1.82, 2.24) is 10.2 Å². The SMILES string of the molecule is CCC1(C)CNC(C2CC2)CN1CC1CCCCO1. The van der Waals surface area contributed by atoms with Crippen molar-refractivity contribution in [3.05, 3.63) is 0 Å². The van der Waals surface area contributed by atoms with Gasteiger partial charge in [0.1, 0.15) is 0 Å². The van der Waals surface area contributed by atoms with Crippen molar-refractivity contribution in [3.63, 3.8) is 0 Å². The number of nitrogens with one attached hydrogen (secondary N) is 1. The van der Waals surface area contributed by atoms with Gasteiger partial charge in [-0.05, 0) is 51.4 Å². The summed E-state index contributed by atoms with van der Waals surface area (Å²) in [6, 6.07) is 0.739. The summed E-state index contributed by atoms with van der Waals surface area (Å²) in [4.78, 5) is 2.74. The molecule has 2 saturated heterocycles. The van der Waals surface area contributed by atoms with E-state index in [1.54, 1.807) is 0 Å². The first kappa shape index (κ1) is 13.8. The number of hydrogen-bond acceptors (Lipinski definition) is 3. The zero-order valence-electron chi connectivity index (χ0n) is 12.7. The first-order valence-corrected chi connectivity index (χ1v) is 8.31. The molecule has 3 heteroatoms. The zero-order valence-corrected chi connectivity index (χ0v) is 12.7. The van der Waals surface area contributed by atoms with Crippen LogP contribution in [-0.4, -0.2) is 48.8 Å². The van der Waals surface area contributed by atoms with E-state index in [1.165, 1.54) is 45.1 Å². The zero-order chi connectivity index (χ0) is 13.3. The van der Waals surface area contributed by atoms with Crippen LogP contribution in [0.25, 0.3) is 0 Å². The van der Waals surface area contributed by atoms with Crippen LogP contribution in [0.2, 0.25) is 0 Å². The molecule has 19 heavy (non-hydrogen) atoms. The van der Waals surface area contributed by atoms with Crippen LogP contribution in [-0.2, 0) is 4.74 Å². The van der Waals surface area contributed by atoms with E-state index in [0.717, 1.165) is 31.7 Å². The summed E-state index contributed by atoms with van der Waals surface area (Å²) in [5, 5.41) is 3.81. The highest BCUT2D eigenvalue weighted by atomic mass is 16.5. The molecule has 3 aliphatic rings. The second-order valence-electron chi connectivity index (χ2n) is 7.07. The van der Waals surface area contributed by atoms with E-state index in [0.29, 0.717) is 11.6 Å². The van der Waals surface area contributed by atoms with Crippen LogP contribution in [0.15, 0.2) is 0 Å². The number of nitrogens with zero attached hydrogens (tertiary/aromatic N) is 1. The average molecular weight is 266 g/mol. The van der Waals surface area contributed by atoms with Crippen molar-refractivity contribution in [2.45, 2.75) is 70.1 Å². The average Bonchev–Trinajstić information content (AvgIpc) is 3.27. The first-order chi connectivity index (χ1) is 9.21. The van der Waals surface area contributed by atoms with Crippen molar-refractivity contribution in [2.24, 2.45) is 5.92 Å². The molecule has 0 spiro atoms. The van der Waals surface area contributed by atoms with Crippen LogP contribution in [0.4, 0.5) is 0 Å². The van der Waals surface area contributed by atoms with E-state index in [2.05, 4.69) is 24.1 Å². The molecule has 0 aromatic carbocycles. The van der Waals surface area contributed by atoms with Crippen molar-refractivity contribution >= 4 is 0 Å². The molecule has 0 bridgehead atoms. The van der Waals surface area contributed by atoms with Gasteiger partial charge in [0, 0.05) is 37.8 Å². The van der Waals surface area contributed by atoms with Crippen LogP contribution >= 0.6 is 0 Å². The van der Waals surface area contributed by atoms with Crippen LogP contribution in [0.1, 0.15) is 52.4 Å². The maximum Gasteiger partial charge on any atom is 0.0702 e. The lowest BCUT2D eigenvalue weighted by molar-refractivity contribution is -0.0441. The third-order valence-corrected chi connectivity index (χ3v) is 5.58. The molecule has 0 amide bonds. The molecule has 2 aliphatic heterocycles. The molecule has 3 nitrogen and oxygen atoms in total. The summed E-state index contributed by atoms with van der Waals surface area (Å²) in [5.74, 6) is 0.955. The van der Waals surface area contributed by atoms with Gasteiger partial charge < -0.3 is 10.1 Å². The monoisotopic (exact) mass is 266 g/mol. The van der Waals surface area contributed by atoms with Crippen LogP contribution in [0, 0.1) is 5.92 Å². The molecule has 3 rings (SSSR count). The minimum Gasteiger partial charge on any atom is -0.377 e. The summed E-state index contributed by atoms with van der Waals surface area (Å²) < 4.78 is 5.97. The second kappa shape index (κ2) is 5.71. The van der Waals surface area contributed by atoms with Gasteiger partial charge in [-0.15, -0.1) is 0 Å². The molecule has 110 valence electrons. The largest absolute Gasteiger partial charge is 0.377 e. The fourth-order valence-corrected chi connectivity index (χ4v) is 3.64. The highest BCUT2D eigenvalue weighted by molar-refractivity contribution is 5.00. The third kappa shape index (κ3) is 3.14. The van der Waals surface area contributed by atoms with Gasteiger partial charge in [0.05, 0.1) is 6.10 Å². The van der Waals surface area contributed by atoms with Gasteiger partial charge in [-0.1, -0.05) is 6.92 Å². The smallest absolute Gasteiger partial charge is 0.0702 e. The Morgan fingerprint density at radius 2 is 2.11 bits per heavy atom. The van der Waals surface area contributed by atoms with E-state index in [9.17, 15) is 0 Å². The first-order valence-electron chi connectivity index (χ1n) is 8.31. The van der Waals surface area contributed by atoms with Crippen LogP contribution < -0.4 is 5.32 Å². The standard InChI is InChI=1S/C16H30N2O/c1-3-16(2)12-17-15(13-7-8-13)11-18(16)10-14-6-4-5-9-19-14/h13-15,17H,3-12H2,1-2H3. The molecule has 1 saturated carbocycles. The van der Waals surface area contributed by atoms with E-state index in [1.807, 2.05) is 0 Å². The van der Waals surface area contributed by atoms with Gasteiger partial charge in [-0.3, -0.25) is 4.90 Å². The van der Waals surface area contributed by atoms with E-state index >= 15 is 0 Å². The quantitative estimate of drug-likeness (QED) is 0.845. The van der Waals surface area contributed by atoms with Gasteiger partial charge in [-0.2, -0.15) is 0 Å². The molecule has 2 heterocycles. The molecule has 3 atom stereocenters. The Kier molecular flexibility index (Phi) is 4.16. The Labute approximate surface area is 118 Å². The van der Waals surface area contributed by atoms with Gasteiger partial charge in [-0.25, -0.2) is 0 Å². The predicted octanol–water partition coefficient (Wildman–Crippen LogP) is 2.41. The Hall–Kier alpha value is -0.120. The summed E-state index contributed by atoms with van der Waals surface area (Å²) in [5.41, 5.74) is 0.326. The van der Waals surface area contributed by atoms with Gasteiger partial charge in [0.25, 0.3) is 0 Å². The Morgan fingerprint density at radius 1 is 1.26 bits per heavy atom. The van der Waals surface area contributed by atoms with E-state index in [4.69, 9.17) is 4.74 Å². The third-order valence-electron chi connectivity index (χ3n) is 5.58. The topological polar surface area (TPSA) is 24.5 Å². The van der Waals surface area contributed by atoms with E-state index in [-0.39, 0.29) is 0 Å². The molecule has 1 N–H and O–H groups in total. The fourth-order valence-electron chi connectivity index (χ4n) is 3.64. The minimum atomic E-state index is 0.326. The van der Waals surface area contributed by atoms with Crippen molar-refractivity contribution in [1.29, 1.82) is 0 Å². The summed E-state index contributed by atoms with van der Waals surface area (Å²) in [7, 11) is 0. The van der Waals surface area contributed by atoms with Gasteiger partial charge >= 0.3 is 0 Å². The van der Waals surface area contributed by atoms with Gasteiger partial charge in [0.2, 0.25) is 0 Å². The molecular formula is C16H30N2O. The highest BCUT2D eigenvalue weighted by Crippen LogP contribution is 2.36. The molecule has 0 aromatic rings. The maximum absolute atomic E-state index is 5.97. The number of rotatable bonds is 4. The number of hydrogen-bond donors (Lipinski definition) is 1. The molecule has 3 unspecified atom stereocenters. The Morgan fingerprint density at radius 3 is 2.74 bits per heavy atom. The van der Waals surface area contributed by atoms with E-state index < -0.39 is 0 Å². The lowest BCUT2D eigenvalue weighted by atomic mass is 9.90. The van der Waals surface area contributed by atoms with Crippen molar-refractivity contribution in [3.8, 4) is 0 Å². The summed E-state index contributed by atoms with van der Waals surface area (Å²) >= 11 is 0. The predicted molar refractivity (Wildman–Crippen MR) is 78.4 cm³/mol. The normalized spacial score (nSPS) is 41.4. The second-order valence-corrected chi connectivity index (χ2v) is 7.07.